The van der Waals surface area contributed by atoms with Crippen LogP contribution in [0.25, 0.3) is 0 Å². The van der Waals surface area contributed by atoms with E-state index < -0.39 is 0 Å². The fourth-order valence-corrected chi connectivity index (χ4v) is 1.29. The van der Waals surface area contributed by atoms with Gasteiger partial charge in [-0.2, -0.15) is 0 Å². The molecule has 1 saturated heterocycles. The summed E-state index contributed by atoms with van der Waals surface area (Å²) in [4.78, 5) is 1.59. The minimum Gasteiger partial charge on any atom is -0.372 e. The van der Waals surface area contributed by atoms with E-state index in [0.717, 1.165) is 39.5 Å². The molecular weight excluding hydrogens is 154 g/mol. The van der Waals surface area contributed by atoms with Crippen LogP contribution in [-0.2, 0) is 9.47 Å². The third-order valence-corrected chi connectivity index (χ3v) is 2.04. The Morgan fingerprint density at radius 3 is 2.83 bits per heavy atom. The molecule has 70 valence electrons. The van der Waals surface area contributed by atoms with Crippen molar-refractivity contribution in [1.82, 2.24) is 0 Å². The highest BCUT2D eigenvalue weighted by Gasteiger charge is 2.12. The minimum absolute atomic E-state index is 0.670. The van der Waals surface area contributed by atoms with Crippen LogP contribution >= 0.6 is 0 Å². The summed E-state index contributed by atoms with van der Waals surface area (Å²) in [5.74, 6) is 0. The number of rotatable bonds is 5. The first-order valence-electron chi connectivity index (χ1n) is 4.53. The molecule has 0 amide bonds. The van der Waals surface area contributed by atoms with Crippen molar-refractivity contribution in [3.63, 3.8) is 0 Å². The van der Waals surface area contributed by atoms with Crippen molar-refractivity contribution in [3.05, 3.63) is 12.7 Å². The fourth-order valence-electron chi connectivity index (χ4n) is 1.29. The third-order valence-electron chi connectivity index (χ3n) is 2.04. The highest BCUT2D eigenvalue weighted by atomic mass is 16.5. The smallest absolute Gasteiger partial charge is 0.101 e. The Morgan fingerprint density at radius 1 is 1.42 bits per heavy atom. The molecule has 0 spiro atoms. The van der Waals surface area contributed by atoms with Gasteiger partial charge in [-0.05, 0) is 0 Å². The molecule has 1 N–H and O–H groups in total. The van der Waals surface area contributed by atoms with Gasteiger partial charge in [-0.3, -0.25) is 0 Å². The monoisotopic (exact) mass is 172 g/mol. The van der Waals surface area contributed by atoms with Crippen LogP contribution in [0.2, 0.25) is 0 Å². The van der Waals surface area contributed by atoms with Crippen molar-refractivity contribution in [3.8, 4) is 0 Å². The van der Waals surface area contributed by atoms with Gasteiger partial charge >= 0.3 is 0 Å². The SMILES string of the molecule is C=CCOCC[NH+]1CCOCC1. The molecule has 12 heavy (non-hydrogen) atoms. The molecule has 0 saturated carbocycles. The number of hydrogen-bond donors (Lipinski definition) is 1. The van der Waals surface area contributed by atoms with E-state index >= 15 is 0 Å². The lowest BCUT2D eigenvalue weighted by atomic mass is 10.4. The van der Waals surface area contributed by atoms with Gasteiger partial charge in [0.05, 0.1) is 26.4 Å². The van der Waals surface area contributed by atoms with E-state index in [9.17, 15) is 0 Å². The lowest BCUT2D eigenvalue weighted by Crippen LogP contribution is -3.14. The second-order valence-electron chi connectivity index (χ2n) is 2.98. The zero-order chi connectivity index (χ0) is 8.65. The third kappa shape index (κ3) is 3.85. The molecule has 1 aliphatic rings. The van der Waals surface area contributed by atoms with Crippen LogP contribution in [0.5, 0.6) is 0 Å². The zero-order valence-corrected chi connectivity index (χ0v) is 7.55. The van der Waals surface area contributed by atoms with Crippen molar-refractivity contribution < 1.29 is 14.4 Å². The summed E-state index contributed by atoms with van der Waals surface area (Å²) in [5, 5.41) is 0. The summed E-state index contributed by atoms with van der Waals surface area (Å²) in [6.07, 6.45) is 1.79. The Morgan fingerprint density at radius 2 is 2.17 bits per heavy atom. The van der Waals surface area contributed by atoms with E-state index in [2.05, 4.69) is 6.58 Å². The van der Waals surface area contributed by atoms with Gasteiger partial charge in [0.15, 0.2) is 0 Å². The van der Waals surface area contributed by atoms with Crippen molar-refractivity contribution in [2.75, 3.05) is 46.1 Å². The molecule has 0 unspecified atom stereocenters. The van der Waals surface area contributed by atoms with E-state index in [0.29, 0.717) is 6.61 Å². The molecule has 1 heterocycles. The van der Waals surface area contributed by atoms with E-state index in [-0.39, 0.29) is 0 Å². The van der Waals surface area contributed by atoms with E-state index in [1.807, 2.05) is 0 Å². The quantitative estimate of drug-likeness (QED) is 0.429. The molecule has 0 bridgehead atoms. The highest BCUT2D eigenvalue weighted by molar-refractivity contribution is 4.63. The molecule has 1 fully saturated rings. The number of quaternary nitrogens is 1. The fraction of sp³-hybridized carbons (Fsp3) is 0.778. The maximum absolute atomic E-state index is 5.31. The molecule has 0 aromatic rings. The second kappa shape index (κ2) is 6.17. The van der Waals surface area contributed by atoms with Gasteiger partial charge in [-0.1, -0.05) is 6.08 Å². The van der Waals surface area contributed by atoms with Crippen LogP contribution in [0.3, 0.4) is 0 Å². The summed E-state index contributed by atoms with van der Waals surface area (Å²) >= 11 is 0. The lowest BCUT2D eigenvalue weighted by molar-refractivity contribution is -0.908. The Balaban J connectivity index is 1.94. The molecule has 1 aliphatic heterocycles. The Labute approximate surface area is 74.0 Å². The van der Waals surface area contributed by atoms with Gasteiger partial charge in [0.25, 0.3) is 0 Å². The first-order valence-corrected chi connectivity index (χ1v) is 4.53. The summed E-state index contributed by atoms with van der Waals surface area (Å²) in [6, 6.07) is 0. The van der Waals surface area contributed by atoms with Crippen molar-refractivity contribution in [2.45, 2.75) is 0 Å². The Kier molecular flexibility index (Phi) is 4.99. The van der Waals surface area contributed by atoms with Gasteiger partial charge in [-0.25, -0.2) is 0 Å². The first-order chi connectivity index (χ1) is 5.93. The number of morpholine rings is 1. The lowest BCUT2D eigenvalue weighted by Gasteiger charge is -2.23. The number of nitrogens with one attached hydrogen (secondary N) is 1. The van der Waals surface area contributed by atoms with Crippen molar-refractivity contribution >= 4 is 0 Å². The van der Waals surface area contributed by atoms with Crippen molar-refractivity contribution in [2.24, 2.45) is 0 Å². The number of ether oxygens (including phenoxy) is 2. The normalized spacial score (nSPS) is 19.3. The van der Waals surface area contributed by atoms with Crippen molar-refractivity contribution in [1.29, 1.82) is 0 Å². The second-order valence-corrected chi connectivity index (χ2v) is 2.98. The van der Waals surface area contributed by atoms with Crippen LogP contribution in [0, 0.1) is 0 Å². The molecule has 0 aliphatic carbocycles. The van der Waals surface area contributed by atoms with Crippen LogP contribution < -0.4 is 4.90 Å². The van der Waals surface area contributed by atoms with Gasteiger partial charge in [0, 0.05) is 0 Å². The summed E-state index contributed by atoms with van der Waals surface area (Å²) in [5.41, 5.74) is 0. The van der Waals surface area contributed by atoms with Gasteiger partial charge in [-0.15, -0.1) is 6.58 Å². The predicted molar refractivity (Wildman–Crippen MR) is 47.4 cm³/mol. The van der Waals surface area contributed by atoms with E-state index in [4.69, 9.17) is 9.47 Å². The highest BCUT2D eigenvalue weighted by Crippen LogP contribution is 1.76. The maximum Gasteiger partial charge on any atom is 0.101 e. The Bertz CT molecular complexity index is 122. The van der Waals surface area contributed by atoms with E-state index in [1.165, 1.54) is 0 Å². The molecule has 0 aromatic carbocycles. The minimum atomic E-state index is 0.670. The summed E-state index contributed by atoms with van der Waals surface area (Å²) < 4.78 is 10.6. The molecular formula is C9H18NO2+. The van der Waals surface area contributed by atoms with Gasteiger partial charge < -0.3 is 14.4 Å². The summed E-state index contributed by atoms with van der Waals surface area (Å²) in [7, 11) is 0. The van der Waals surface area contributed by atoms with Gasteiger partial charge in [0.1, 0.15) is 19.6 Å². The topological polar surface area (TPSA) is 22.9 Å². The zero-order valence-electron chi connectivity index (χ0n) is 7.55. The molecule has 1 rings (SSSR count). The van der Waals surface area contributed by atoms with Gasteiger partial charge in [0.2, 0.25) is 0 Å². The van der Waals surface area contributed by atoms with Crippen LogP contribution in [0.1, 0.15) is 0 Å². The van der Waals surface area contributed by atoms with E-state index in [1.54, 1.807) is 11.0 Å². The van der Waals surface area contributed by atoms with Crippen LogP contribution in [-0.4, -0.2) is 46.1 Å². The molecule has 0 radical (unpaired) electrons. The van der Waals surface area contributed by atoms with Crippen LogP contribution in [0.15, 0.2) is 12.7 Å². The largest absolute Gasteiger partial charge is 0.372 e. The average Bonchev–Trinajstić information content (AvgIpc) is 2.14. The molecule has 3 heteroatoms. The Hall–Kier alpha value is -0.380. The molecule has 0 aromatic heterocycles. The standard InChI is InChI=1S/C9H17NO2/c1-2-6-11-7-3-10-4-8-12-9-5-10/h2H,1,3-9H2/p+1. The summed E-state index contributed by atoms with van der Waals surface area (Å²) in [6.45, 7) is 10.2. The predicted octanol–water partition coefficient (Wildman–Crippen LogP) is -0.896. The maximum atomic E-state index is 5.31. The molecule has 0 atom stereocenters. The average molecular weight is 172 g/mol. The first kappa shape index (κ1) is 9.71. The van der Waals surface area contributed by atoms with Crippen LogP contribution in [0.4, 0.5) is 0 Å². The molecule has 3 nitrogen and oxygen atoms in total. The number of hydrogen-bond acceptors (Lipinski definition) is 2.